The van der Waals surface area contributed by atoms with Crippen molar-refractivity contribution in [3.63, 3.8) is 0 Å². The lowest BCUT2D eigenvalue weighted by Crippen LogP contribution is -2.26. The number of fused-ring (bicyclic) bond motifs is 2. The number of nitrogens with one attached hydrogen (secondary N) is 2. The number of aromatic nitrogens is 3. The largest absolute Gasteiger partial charge is 0.494 e. The molecule has 0 fully saturated rings. The second kappa shape index (κ2) is 9.98. The molecule has 0 saturated carbocycles. The van der Waals surface area contributed by atoms with Gasteiger partial charge in [0.25, 0.3) is 11.1 Å². The molecule has 0 atom stereocenters. The molecule has 0 bridgehead atoms. The van der Waals surface area contributed by atoms with Crippen molar-refractivity contribution < 1.29 is 13.9 Å². The van der Waals surface area contributed by atoms with Crippen molar-refractivity contribution in [1.29, 1.82) is 0 Å². The highest BCUT2D eigenvalue weighted by Gasteiger charge is 2.28. The Hall–Kier alpha value is -5.11. The molecule has 7 nitrogen and oxygen atoms in total. The van der Waals surface area contributed by atoms with Crippen LogP contribution >= 0.6 is 0 Å². The van der Waals surface area contributed by atoms with E-state index in [2.05, 4.69) is 9.97 Å². The fraction of sp³-hybridized carbons (Fsp3) is 0.0968. The monoisotopic (exact) mass is 521 g/mol. The van der Waals surface area contributed by atoms with E-state index in [0.717, 1.165) is 15.7 Å². The molecule has 0 radical (unpaired) electrons. The number of rotatable bonds is 7. The van der Waals surface area contributed by atoms with E-state index in [1.54, 1.807) is 24.5 Å². The van der Waals surface area contributed by atoms with E-state index in [4.69, 9.17) is 9.47 Å². The molecule has 2 heterocycles. The van der Waals surface area contributed by atoms with Gasteiger partial charge in [0.2, 0.25) is 0 Å². The lowest BCUT2D eigenvalue weighted by atomic mass is 10.0. The first-order chi connectivity index (χ1) is 19.1. The van der Waals surface area contributed by atoms with Crippen LogP contribution in [0.25, 0.3) is 21.8 Å². The molecule has 39 heavy (non-hydrogen) atoms. The summed E-state index contributed by atoms with van der Waals surface area (Å²) in [6.45, 7) is -0.0280. The lowest BCUT2D eigenvalue weighted by molar-refractivity contribution is 0.253. The van der Waals surface area contributed by atoms with Crippen LogP contribution in [0.1, 0.15) is 22.8 Å². The van der Waals surface area contributed by atoms with E-state index in [0.29, 0.717) is 16.6 Å². The first-order valence-corrected chi connectivity index (χ1v) is 12.4. The van der Waals surface area contributed by atoms with Crippen LogP contribution in [-0.2, 0) is 6.54 Å². The van der Waals surface area contributed by atoms with Gasteiger partial charge in [0.1, 0.15) is 33.7 Å². The van der Waals surface area contributed by atoms with Crippen LogP contribution in [0.3, 0.4) is 0 Å². The molecule has 0 aliphatic heterocycles. The topological polar surface area (TPSA) is 89.1 Å². The van der Waals surface area contributed by atoms with Gasteiger partial charge in [0, 0.05) is 12.4 Å². The van der Waals surface area contributed by atoms with E-state index in [1.165, 1.54) is 19.2 Å². The number of H-pyrrole nitrogens is 2. The molecule has 8 heteroatoms. The van der Waals surface area contributed by atoms with Gasteiger partial charge in [-0.1, -0.05) is 72.8 Å². The molecule has 0 spiro atoms. The Morgan fingerprint density at radius 3 is 1.79 bits per heavy atom. The maximum Gasteiger partial charge on any atom is 0.265 e. The second-order valence-electron chi connectivity index (χ2n) is 9.13. The summed E-state index contributed by atoms with van der Waals surface area (Å²) < 4.78 is 27.0. The number of hydrogen-bond acceptors (Lipinski definition) is 4. The molecule has 0 amide bonds. The fourth-order valence-corrected chi connectivity index (χ4v) is 4.94. The zero-order valence-electron chi connectivity index (χ0n) is 21.0. The molecule has 2 N–H and O–H groups in total. The normalized spacial score (nSPS) is 11.4. The quantitative estimate of drug-likeness (QED) is 0.289. The van der Waals surface area contributed by atoms with Crippen molar-refractivity contribution in [3.8, 4) is 11.5 Å². The number of methoxy groups -OCH3 is 1. The van der Waals surface area contributed by atoms with Gasteiger partial charge in [0.15, 0.2) is 11.5 Å². The van der Waals surface area contributed by atoms with Crippen LogP contribution in [0.5, 0.6) is 11.5 Å². The minimum Gasteiger partial charge on any atom is -0.494 e. The Balaban J connectivity index is 1.63. The highest BCUT2D eigenvalue weighted by molar-refractivity contribution is 6.08. The molecule has 4 aromatic carbocycles. The van der Waals surface area contributed by atoms with E-state index >= 15 is 0 Å². The zero-order valence-corrected chi connectivity index (χ0v) is 21.0. The predicted octanol–water partition coefficient (Wildman–Crippen LogP) is 5.54. The summed E-state index contributed by atoms with van der Waals surface area (Å²) in [6, 6.07) is 25.0. The summed E-state index contributed by atoms with van der Waals surface area (Å²) in [5.41, 5.74) is 2.29. The van der Waals surface area contributed by atoms with Crippen LogP contribution in [0.4, 0.5) is 4.39 Å². The molecule has 6 aromatic rings. The Bertz CT molecular complexity index is 1850. The van der Waals surface area contributed by atoms with Crippen LogP contribution in [-0.4, -0.2) is 21.6 Å². The van der Waals surface area contributed by atoms with Crippen molar-refractivity contribution in [2.75, 3.05) is 7.11 Å². The first-order valence-electron chi connectivity index (χ1n) is 12.4. The molecular formula is C31H24FN3O4. The number of halogens is 1. The average Bonchev–Trinajstić information content (AvgIpc) is 3.22. The minimum atomic E-state index is -0.573. The molecule has 0 saturated heterocycles. The Morgan fingerprint density at radius 2 is 1.26 bits per heavy atom. The summed E-state index contributed by atoms with van der Waals surface area (Å²) >= 11 is 0. The van der Waals surface area contributed by atoms with Crippen molar-refractivity contribution in [2.45, 2.75) is 12.6 Å². The minimum absolute atomic E-state index is 0.0280. The summed E-state index contributed by atoms with van der Waals surface area (Å²) in [5, 5.41) is 0.224. The van der Waals surface area contributed by atoms with E-state index in [9.17, 15) is 14.0 Å². The highest BCUT2D eigenvalue weighted by Crippen LogP contribution is 2.41. The molecule has 2 aromatic heterocycles. The molecule has 0 aliphatic rings. The summed E-state index contributed by atoms with van der Waals surface area (Å²) in [7, 11) is 1.45. The summed E-state index contributed by atoms with van der Waals surface area (Å²) in [4.78, 5) is 34.0. The van der Waals surface area contributed by atoms with Gasteiger partial charge in [-0.25, -0.2) is 4.39 Å². The SMILES string of the molecule is COc1c2[nH]cc[nH]c2c(OC(c2ccccc2)c2ccccc2)c2c(=O)n(Cc3ccc(F)cc3)c(=O)c12. The highest BCUT2D eigenvalue weighted by atomic mass is 19.1. The number of ether oxygens (including phenoxy) is 2. The van der Waals surface area contributed by atoms with E-state index < -0.39 is 23.0 Å². The van der Waals surface area contributed by atoms with E-state index in [-0.39, 0.29) is 28.8 Å². The number of aromatic amines is 2. The van der Waals surface area contributed by atoms with E-state index in [1.807, 2.05) is 60.7 Å². The summed E-state index contributed by atoms with van der Waals surface area (Å²) in [5.74, 6) is 0.0686. The average molecular weight is 522 g/mol. The van der Waals surface area contributed by atoms with Crippen LogP contribution < -0.4 is 20.6 Å². The standard InChI is InChI=1S/C31H24FN3O4/c1-38-28-23-24(31(37)35(30(23)36)18-19-12-14-22(32)15-13-19)29(26-25(28)33-16-17-34-26)39-27(20-8-4-2-5-9-20)21-10-6-3-7-11-21/h2-17,27,33-34H,18H2,1H3. The van der Waals surface area contributed by atoms with Crippen LogP contribution in [0, 0.1) is 5.82 Å². The van der Waals surface area contributed by atoms with Gasteiger partial charge in [-0.2, -0.15) is 0 Å². The number of benzene rings is 4. The van der Waals surface area contributed by atoms with Gasteiger partial charge in [-0.15, -0.1) is 0 Å². The molecular weight excluding hydrogens is 497 g/mol. The van der Waals surface area contributed by atoms with Gasteiger partial charge < -0.3 is 19.4 Å². The van der Waals surface area contributed by atoms with Gasteiger partial charge in [-0.05, 0) is 28.8 Å². The Kier molecular flexibility index (Phi) is 6.20. The van der Waals surface area contributed by atoms with Crippen molar-refractivity contribution >= 4 is 21.8 Å². The third-order valence-corrected chi connectivity index (χ3v) is 6.76. The third-order valence-electron chi connectivity index (χ3n) is 6.76. The first kappa shape index (κ1) is 24.2. The van der Waals surface area contributed by atoms with Crippen molar-refractivity contribution in [2.24, 2.45) is 0 Å². The zero-order chi connectivity index (χ0) is 26.9. The summed E-state index contributed by atoms with van der Waals surface area (Å²) in [6.07, 6.45) is 2.78. The van der Waals surface area contributed by atoms with Gasteiger partial charge >= 0.3 is 0 Å². The Labute approximate surface area is 222 Å². The van der Waals surface area contributed by atoms with Crippen LogP contribution in [0.2, 0.25) is 0 Å². The number of nitrogens with zero attached hydrogens (tertiary/aromatic N) is 1. The fourth-order valence-electron chi connectivity index (χ4n) is 4.94. The van der Waals surface area contributed by atoms with Crippen molar-refractivity contribution in [3.05, 3.63) is 141 Å². The number of hydrogen-bond donors (Lipinski definition) is 2. The molecule has 194 valence electrons. The van der Waals surface area contributed by atoms with Gasteiger partial charge in [0.05, 0.1) is 13.7 Å². The second-order valence-corrected chi connectivity index (χ2v) is 9.13. The molecule has 0 unspecified atom stereocenters. The van der Waals surface area contributed by atoms with Gasteiger partial charge in [-0.3, -0.25) is 14.2 Å². The predicted molar refractivity (Wildman–Crippen MR) is 148 cm³/mol. The maximum absolute atomic E-state index is 13.9. The lowest BCUT2D eigenvalue weighted by Gasteiger charge is -2.22. The maximum atomic E-state index is 13.9. The Morgan fingerprint density at radius 1 is 0.744 bits per heavy atom. The molecule has 0 aliphatic carbocycles. The van der Waals surface area contributed by atoms with Crippen molar-refractivity contribution in [1.82, 2.24) is 14.5 Å². The molecule has 6 rings (SSSR count). The smallest absolute Gasteiger partial charge is 0.265 e. The third kappa shape index (κ3) is 4.25. The van der Waals surface area contributed by atoms with Crippen LogP contribution in [0.15, 0.2) is 107 Å².